The van der Waals surface area contributed by atoms with E-state index in [2.05, 4.69) is 36.6 Å². The van der Waals surface area contributed by atoms with Crippen molar-refractivity contribution in [1.82, 2.24) is 10.6 Å². The van der Waals surface area contributed by atoms with Gasteiger partial charge in [0.2, 0.25) is 5.91 Å². The molecule has 1 unspecified atom stereocenters. The summed E-state index contributed by atoms with van der Waals surface area (Å²) >= 11 is 0. The third kappa shape index (κ3) is 10.1. The van der Waals surface area contributed by atoms with Gasteiger partial charge in [0.25, 0.3) is 0 Å². The van der Waals surface area contributed by atoms with Gasteiger partial charge in [0, 0.05) is 19.0 Å². The van der Waals surface area contributed by atoms with Crippen molar-refractivity contribution >= 4 is 11.9 Å². The molecule has 5 nitrogen and oxygen atoms in total. The summed E-state index contributed by atoms with van der Waals surface area (Å²) in [4.78, 5) is 23.5. The minimum atomic E-state index is -0.381. The molecule has 0 saturated carbocycles. The first-order chi connectivity index (χ1) is 12.5. The number of unbranched alkanes of at least 4 members (excludes halogenated alkanes) is 3. The summed E-state index contributed by atoms with van der Waals surface area (Å²) < 4.78 is 0. The smallest absolute Gasteiger partial charge is 0.315 e. The Morgan fingerprint density at radius 3 is 2.46 bits per heavy atom. The molecular weight excluding hydrogens is 326 g/mol. The van der Waals surface area contributed by atoms with Crippen LogP contribution in [0.25, 0.3) is 0 Å². The zero-order chi connectivity index (χ0) is 19.2. The molecule has 0 aliphatic rings. The van der Waals surface area contributed by atoms with Crippen LogP contribution < -0.4 is 16.4 Å². The van der Waals surface area contributed by atoms with Crippen LogP contribution in [0.15, 0.2) is 30.3 Å². The monoisotopic (exact) mass is 361 g/mol. The first kappa shape index (κ1) is 22.0. The van der Waals surface area contributed by atoms with E-state index in [1.54, 1.807) is 0 Å². The van der Waals surface area contributed by atoms with Crippen LogP contribution in [-0.2, 0) is 11.2 Å². The predicted molar refractivity (Wildman–Crippen MR) is 107 cm³/mol. The second-order valence-electron chi connectivity index (χ2n) is 7.09. The number of rotatable bonds is 13. The quantitative estimate of drug-likeness (QED) is 0.467. The number of benzene rings is 1. The van der Waals surface area contributed by atoms with Crippen molar-refractivity contribution in [1.29, 1.82) is 0 Å². The van der Waals surface area contributed by atoms with E-state index in [1.165, 1.54) is 18.4 Å². The number of nitrogens with two attached hydrogens (primary N) is 1. The Labute approximate surface area is 158 Å². The molecule has 0 aliphatic carbocycles. The number of hydrogen-bond acceptors (Lipinski definition) is 2. The molecule has 0 radical (unpaired) electrons. The standard InChI is InChI=1S/C21H35N3O2/c1-3-4-5-9-15-23-21(26)24-19(16-20(22)25)17(2)11-10-14-18-12-7-6-8-13-18/h6-8,12-13,17,19H,3-5,9-11,14-16H2,1-2H3,(H2,22,25)(H2,23,24,26)/t17?,19-/m1/s1. The summed E-state index contributed by atoms with van der Waals surface area (Å²) in [6.07, 6.45) is 7.59. The Bertz CT molecular complexity index is 519. The van der Waals surface area contributed by atoms with Crippen LogP contribution in [0.5, 0.6) is 0 Å². The number of nitrogens with one attached hydrogen (secondary N) is 2. The van der Waals surface area contributed by atoms with Crippen LogP contribution in [0.4, 0.5) is 4.79 Å². The average molecular weight is 362 g/mol. The Morgan fingerprint density at radius 1 is 1.08 bits per heavy atom. The van der Waals surface area contributed by atoms with E-state index in [9.17, 15) is 9.59 Å². The van der Waals surface area contributed by atoms with E-state index in [1.807, 2.05) is 18.2 Å². The van der Waals surface area contributed by atoms with Crippen LogP contribution in [-0.4, -0.2) is 24.5 Å². The second kappa shape index (κ2) is 13.2. The largest absolute Gasteiger partial charge is 0.370 e. The number of hydrogen-bond donors (Lipinski definition) is 3. The van der Waals surface area contributed by atoms with E-state index in [-0.39, 0.29) is 30.3 Å². The lowest BCUT2D eigenvalue weighted by atomic mass is 9.92. The fourth-order valence-electron chi connectivity index (χ4n) is 3.06. The molecule has 4 N–H and O–H groups in total. The van der Waals surface area contributed by atoms with Gasteiger partial charge < -0.3 is 16.4 Å². The Kier molecular flexibility index (Phi) is 11.2. The zero-order valence-corrected chi connectivity index (χ0v) is 16.3. The molecule has 146 valence electrons. The van der Waals surface area contributed by atoms with Crippen LogP contribution in [0.3, 0.4) is 0 Å². The van der Waals surface area contributed by atoms with Gasteiger partial charge in [-0.3, -0.25) is 4.79 Å². The van der Waals surface area contributed by atoms with Crippen molar-refractivity contribution in [3.8, 4) is 0 Å². The fourth-order valence-corrected chi connectivity index (χ4v) is 3.06. The van der Waals surface area contributed by atoms with E-state index in [0.717, 1.165) is 32.1 Å². The van der Waals surface area contributed by atoms with Crippen molar-refractivity contribution in [3.05, 3.63) is 35.9 Å². The maximum Gasteiger partial charge on any atom is 0.315 e. The molecule has 1 aromatic rings. The number of carbonyl (C=O) groups excluding carboxylic acids is 2. The summed E-state index contributed by atoms with van der Waals surface area (Å²) in [5, 5.41) is 5.82. The topological polar surface area (TPSA) is 84.2 Å². The van der Waals surface area contributed by atoms with Gasteiger partial charge in [-0.1, -0.05) is 63.4 Å². The van der Waals surface area contributed by atoms with Gasteiger partial charge in [0.15, 0.2) is 0 Å². The molecular formula is C21H35N3O2. The summed E-state index contributed by atoms with van der Waals surface area (Å²) in [6, 6.07) is 9.91. The first-order valence-corrected chi connectivity index (χ1v) is 9.89. The molecule has 1 rings (SSSR count). The molecule has 0 bridgehead atoms. The van der Waals surface area contributed by atoms with Crippen molar-refractivity contribution in [2.75, 3.05) is 6.54 Å². The lowest BCUT2D eigenvalue weighted by Gasteiger charge is -2.24. The molecule has 0 heterocycles. The van der Waals surface area contributed by atoms with Gasteiger partial charge >= 0.3 is 6.03 Å². The molecule has 0 aliphatic heterocycles. The molecule has 0 spiro atoms. The number of aryl methyl sites for hydroxylation is 1. The Morgan fingerprint density at radius 2 is 1.81 bits per heavy atom. The van der Waals surface area contributed by atoms with Gasteiger partial charge in [-0.15, -0.1) is 0 Å². The highest BCUT2D eigenvalue weighted by Gasteiger charge is 2.21. The lowest BCUT2D eigenvalue weighted by Crippen LogP contribution is -2.47. The molecule has 1 aromatic carbocycles. The highest BCUT2D eigenvalue weighted by atomic mass is 16.2. The molecule has 5 heteroatoms. The average Bonchev–Trinajstić information content (AvgIpc) is 2.61. The minimum Gasteiger partial charge on any atom is -0.370 e. The fraction of sp³-hybridized carbons (Fsp3) is 0.619. The van der Waals surface area contributed by atoms with Crippen molar-refractivity contribution in [3.63, 3.8) is 0 Å². The van der Waals surface area contributed by atoms with Gasteiger partial charge in [-0.25, -0.2) is 4.79 Å². The predicted octanol–water partition coefficient (Wildman–Crippen LogP) is 3.77. The van der Waals surface area contributed by atoms with Crippen LogP contribution in [0.1, 0.15) is 64.4 Å². The summed E-state index contributed by atoms with van der Waals surface area (Å²) in [7, 11) is 0. The molecule has 0 saturated heterocycles. The third-order valence-corrected chi connectivity index (χ3v) is 4.71. The van der Waals surface area contributed by atoms with Crippen molar-refractivity contribution < 1.29 is 9.59 Å². The molecule has 0 aromatic heterocycles. The summed E-state index contributed by atoms with van der Waals surface area (Å²) in [6.45, 7) is 4.89. The summed E-state index contributed by atoms with van der Waals surface area (Å²) in [5.41, 5.74) is 6.68. The van der Waals surface area contributed by atoms with Gasteiger partial charge in [0.05, 0.1) is 0 Å². The van der Waals surface area contributed by atoms with Gasteiger partial charge in [-0.05, 0) is 37.2 Å². The van der Waals surface area contributed by atoms with Crippen LogP contribution >= 0.6 is 0 Å². The van der Waals surface area contributed by atoms with Crippen LogP contribution in [0, 0.1) is 5.92 Å². The Balaban J connectivity index is 2.38. The first-order valence-electron chi connectivity index (χ1n) is 9.89. The SMILES string of the molecule is CCCCCCNC(=O)N[C@H](CC(N)=O)C(C)CCCc1ccccc1. The van der Waals surface area contributed by atoms with Crippen molar-refractivity contribution in [2.45, 2.75) is 71.3 Å². The highest BCUT2D eigenvalue weighted by molar-refractivity contribution is 5.77. The number of carbonyl (C=O) groups is 2. The number of primary amides is 1. The minimum absolute atomic E-state index is 0.176. The molecule has 2 atom stereocenters. The number of amides is 3. The van der Waals surface area contributed by atoms with Crippen LogP contribution in [0.2, 0.25) is 0 Å². The van der Waals surface area contributed by atoms with E-state index in [0.29, 0.717) is 6.54 Å². The molecule has 3 amide bonds. The maximum absolute atomic E-state index is 12.1. The summed E-state index contributed by atoms with van der Waals surface area (Å²) in [5.74, 6) is -0.190. The normalized spacial score (nSPS) is 13.0. The van der Waals surface area contributed by atoms with Gasteiger partial charge in [0.1, 0.15) is 0 Å². The lowest BCUT2D eigenvalue weighted by molar-refractivity contribution is -0.118. The van der Waals surface area contributed by atoms with E-state index < -0.39 is 0 Å². The Hall–Kier alpha value is -2.04. The number of urea groups is 1. The van der Waals surface area contributed by atoms with Gasteiger partial charge in [-0.2, -0.15) is 0 Å². The zero-order valence-electron chi connectivity index (χ0n) is 16.3. The van der Waals surface area contributed by atoms with E-state index in [4.69, 9.17) is 5.73 Å². The second-order valence-corrected chi connectivity index (χ2v) is 7.09. The third-order valence-electron chi connectivity index (χ3n) is 4.71. The molecule has 0 fully saturated rings. The van der Waals surface area contributed by atoms with Crippen molar-refractivity contribution in [2.24, 2.45) is 11.7 Å². The maximum atomic E-state index is 12.1. The van der Waals surface area contributed by atoms with E-state index >= 15 is 0 Å². The molecule has 26 heavy (non-hydrogen) atoms. The highest BCUT2D eigenvalue weighted by Crippen LogP contribution is 2.16.